The van der Waals surface area contributed by atoms with Crippen LogP contribution in [0.4, 0.5) is 0 Å². The van der Waals surface area contributed by atoms with E-state index < -0.39 is 16.1 Å². The molecule has 0 saturated heterocycles. The van der Waals surface area contributed by atoms with Crippen LogP contribution in [0.1, 0.15) is 84.5 Å². The maximum atomic E-state index is 10.4. The van der Waals surface area contributed by atoms with Gasteiger partial charge in [0.05, 0.1) is 25.9 Å². The fraction of sp³-hybridized carbons (Fsp3) is 1.00. The maximum absolute atomic E-state index is 10.4. The first kappa shape index (κ1) is 25.8. The zero-order valence-corrected chi connectivity index (χ0v) is 17.6. The summed E-state index contributed by atoms with van der Waals surface area (Å²) >= 11 is 0. The predicted octanol–water partition coefficient (Wildman–Crippen LogP) is 4.58. The van der Waals surface area contributed by atoms with Crippen molar-refractivity contribution >= 4 is 10.1 Å². The fourth-order valence-electron chi connectivity index (χ4n) is 2.63. The first-order valence-electron chi connectivity index (χ1n) is 10.2. The van der Waals surface area contributed by atoms with Gasteiger partial charge in [0.1, 0.15) is 0 Å². The molecule has 0 aromatic carbocycles. The highest BCUT2D eigenvalue weighted by Crippen LogP contribution is 2.11. The van der Waals surface area contributed by atoms with E-state index in [9.17, 15) is 8.42 Å². The third-order valence-electron chi connectivity index (χ3n) is 4.11. The van der Waals surface area contributed by atoms with Gasteiger partial charge in [-0.1, -0.05) is 71.1 Å². The lowest BCUT2D eigenvalue weighted by molar-refractivity contribution is -0.0211. The van der Waals surface area contributed by atoms with Gasteiger partial charge in [0.15, 0.2) is 5.94 Å². The fourth-order valence-corrected chi connectivity index (χ4v) is 2.96. The summed E-state index contributed by atoms with van der Waals surface area (Å²) in [5, 5.41) is 0. The van der Waals surface area contributed by atoms with E-state index in [1.54, 1.807) is 0 Å². The molecule has 0 rings (SSSR count). The molecule has 0 bridgehead atoms. The SMILES string of the molecule is CCCCCCCCCCCCCOC(C)COCCOCS(=O)(=O)O. The summed E-state index contributed by atoms with van der Waals surface area (Å²) in [4.78, 5) is 0. The largest absolute Gasteiger partial charge is 0.376 e. The Morgan fingerprint density at radius 1 is 0.769 bits per heavy atom. The normalized spacial score (nSPS) is 13.2. The van der Waals surface area contributed by atoms with Crippen molar-refractivity contribution in [1.29, 1.82) is 0 Å². The van der Waals surface area contributed by atoms with Gasteiger partial charge in [-0.05, 0) is 13.3 Å². The van der Waals surface area contributed by atoms with Crippen LogP contribution in [-0.4, -0.2) is 51.4 Å². The van der Waals surface area contributed by atoms with Crippen molar-refractivity contribution in [3.8, 4) is 0 Å². The topological polar surface area (TPSA) is 82.1 Å². The third-order valence-corrected chi connectivity index (χ3v) is 4.57. The monoisotopic (exact) mass is 396 g/mol. The summed E-state index contributed by atoms with van der Waals surface area (Å²) in [5.74, 6) is -0.693. The number of ether oxygens (including phenoxy) is 3. The number of hydrogen-bond donors (Lipinski definition) is 1. The minimum absolute atomic E-state index is 0.0136. The lowest BCUT2D eigenvalue weighted by atomic mass is 10.1. The summed E-state index contributed by atoms with van der Waals surface area (Å²) in [5.41, 5.74) is 0. The molecule has 6 nitrogen and oxygen atoms in total. The van der Waals surface area contributed by atoms with Gasteiger partial charge in [-0.15, -0.1) is 0 Å². The molecule has 0 radical (unpaired) electrons. The summed E-state index contributed by atoms with van der Waals surface area (Å²) < 4.78 is 45.1. The molecule has 0 saturated carbocycles. The van der Waals surface area contributed by atoms with Crippen LogP contribution < -0.4 is 0 Å². The van der Waals surface area contributed by atoms with Crippen molar-refractivity contribution in [2.75, 3.05) is 32.4 Å². The average molecular weight is 397 g/mol. The zero-order chi connectivity index (χ0) is 19.5. The van der Waals surface area contributed by atoms with Gasteiger partial charge in [-0.3, -0.25) is 4.55 Å². The van der Waals surface area contributed by atoms with Gasteiger partial charge in [0, 0.05) is 6.61 Å². The number of rotatable bonds is 20. The van der Waals surface area contributed by atoms with Crippen LogP contribution >= 0.6 is 0 Å². The highest BCUT2D eigenvalue weighted by atomic mass is 32.2. The van der Waals surface area contributed by atoms with E-state index in [2.05, 4.69) is 6.92 Å². The molecule has 26 heavy (non-hydrogen) atoms. The molecule has 0 aromatic heterocycles. The molecule has 0 aromatic rings. The molecule has 0 fully saturated rings. The molecule has 7 heteroatoms. The van der Waals surface area contributed by atoms with Crippen LogP contribution in [-0.2, 0) is 24.3 Å². The van der Waals surface area contributed by atoms with Crippen LogP contribution in [0.15, 0.2) is 0 Å². The Bertz CT molecular complexity index is 385. The van der Waals surface area contributed by atoms with E-state index >= 15 is 0 Å². The van der Waals surface area contributed by atoms with Crippen LogP contribution in [0.2, 0.25) is 0 Å². The number of hydrogen-bond acceptors (Lipinski definition) is 5. The zero-order valence-electron chi connectivity index (χ0n) is 16.8. The molecule has 0 heterocycles. The smallest absolute Gasteiger partial charge is 0.289 e. The molecule has 158 valence electrons. The Kier molecular flexibility index (Phi) is 18.0. The summed E-state index contributed by atoms with van der Waals surface area (Å²) in [7, 11) is -4.06. The Labute approximate surface area is 160 Å². The third kappa shape index (κ3) is 21.8. The van der Waals surface area contributed by atoms with Crippen molar-refractivity contribution in [2.24, 2.45) is 0 Å². The van der Waals surface area contributed by atoms with Crippen LogP contribution in [0.25, 0.3) is 0 Å². The second-order valence-corrected chi connectivity index (χ2v) is 8.30. The summed E-state index contributed by atoms with van der Waals surface area (Å²) in [6.45, 7) is 5.82. The van der Waals surface area contributed by atoms with Crippen LogP contribution in [0.5, 0.6) is 0 Å². The highest BCUT2D eigenvalue weighted by Gasteiger charge is 2.05. The van der Waals surface area contributed by atoms with E-state index in [1.807, 2.05) is 6.92 Å². The quantitative estimate of drug-likeness (QED) is 0.240. The predicted molar refractivity (Wildman–Crippen MR) is 105 cm³/mol. The van der Waals surface area contributed by atoms with E-state index in [0.717, 1.165) is 13.0 Å². The molecule has 0 amide bonds. The molecule has 1 atom stereocenters. The Hall–Kier alpha value is -0.210. The van der Waals surface area contributed by atoms with Gasteiger partial charge in [-0.25, -0.2) is 0 Å². The molecule has 1 N–H and O–H groups in total. The van der Waals surface area contributed by atoms with Crippen LogP contribution in [0.3, 0.4) is 0 Å². The molecular weight excluding hydrogens is 356 g/mol. The lowest BCUT2D eigenvalue weighted by Crippen LogP contribution is -2.19. The van der Waals surface area contributed by atoms with Gasteiger partial charge >= 0.3 is 0 Å². The van der Waals surface area contributed by atoms with E-state index in [1.165, 1.54) is 64.2 Å². The van der Waals surface area contributed by atoms with Crippen LogP contribution in [0, 0.1) is 0 Å². The Balaban J connectivity index is 3.20. The number of unbranched alkanes of at least 4 members (excludes halogenated alkanes) is 10. The summed E-state index contributed by atoms with van der Waals surface area (Å²) in [6, 6.07) is 0. The molecule has 0 aliphatic rings. The second kappa shape index (κ2) is 18.2. The van der Waals surface area contributed by atoms with E-state index in [-0.39, 0.29) is 19.3 Å². The van der Waals surface area contributed by atoms with E-state index in [4.69, 9.17) is 18.8 Å². The molecule has 0 aliphatic heterocycles. The Morgan fingerprint density at radius 2 is 1.27 bits per heavy atom. The average Bonchev–Trinajstić information content (AvgIpc) is 2.58. The minimum atomic E-state index is -4.06. The van der Waals surface area contributed by atoms with Crippen molar-refractivity contribution in [3.05, 3.63) is 0 Å². The van der Waals surface area contributed by atoms with Crippen molar-refractivity contribution in [1.82, 2.24) is 0 Å². The Morgan fingerprint density at radius 3 is 1.81 bits per heavy atom. The molecule has 0 aliphatic carbocycles. The highest BCUT2D eigenvalue weighted by molar-refractivity contribution is 7.85. The first-order valence-corrected chi connectivity index (χ1v) is 11.8. The van der Waals surface area contributed by atoms with Crippen molar-refractivity contribution in [2.45, 2.75) is 90.6 Å². The standard InChI is InChI=1S/C19H40O6S/c1-3-4-5-6-7-8-9-10-11-12-13-14-25-19(2)17-23-15-16-24-18-26(20,21)22/h19H,3-18H2,1-2H3,(H,20,21,22). The van der Waals surface area contributed by atoms with Gasteiger partial charge in [0.25, 0.3) is 10.1 Å². The minimum Gasteiger partial charge on any atom is -0.376 e. The molecular formula is C19H40O6S. The van der Waals surface area contributed by atoms with E-state index in [0.29, 0.717) is 6.61 Å². The first-order chi connectivity index (χ1) is 12.5. The summed E-state index contributed by atoms with van der Waals surface area (Å²) in [6.07, 6.45) is 14.5. The lowest BCUT2D eigenvalue weighted by Gasteiger charge is -2.13. The maximum Gasteiger partial charge on any atom is 0.289 e. The second-order valence-electron chi connectivity index (χ2n) is 6.90. The van der Waals surface area contributed by atoms with Gasteiger partial charge in [-0.2, -0.15) is 8.42 Å². The van der Waals surface area contributed by atoms with Gasteiger partial charge in [0.2, 0.25) is 0 Å². The van der Waals surface area contributed by atoms with Crippen molar-refractivity contribution in [3.63, 3.8) is 0 Å². The van der Waals surface area contributed by atoms with Gasteiger partial charge < -0.3 is 14.2 Å². The molecule has 1 unspecified atom stereocenters. The van der Waals surface area contributed by atoms with Crippen molar-refractivity contribution < 1.29 is 27.2 Å². The molecule has 0 spiro atoms.